The topological polar surface area (TPSA) is 122 Å². The number of hydrazone groups is 1. The predicted molar refractivity (Wildman–Crippen MR) is 86.8 cm³/mol. The lowest BCUT2D eigenvalue weighted by Gasteiger charge is -2.03. The number of halogens is 1. The molecule has 2 rings (SSSR count). The Morgan fingerprint density at radius 1 is 1.22 bits per heavy atom. The predicted octanol–water partition coefficient (Wildman–Crippen LogP) is 2.38. The molecule has 23 heavy (non-hydrogen) atoms. The molecule has 0 spiro atoms. The highest BCUT2D eigenvalue weighted by Gasteiger charge is 2.14. The second-order valence-corrected chi connectivity index (χ2v) is 6.89. The van der Waals surface area contributed by atoms with E-state index >= 15 is 0 Å². The molecule has 120 valence electrons. The minimum Gasteiger partial charge on any atom is -0.502 e. The number of aromatic hydroxyl groups is 1. The van der Waals surface area contributed by atoms with E-state index in [0.717, 1.165) is 22.8 Å². The molecule has 0 aliphatic carbocycles. The van der Waals surface area contributed by atoms with Crippen LogP contribution < -0.4 is 4.83 Å². The number of nitrogens with zero attached hydrogens (tertiary/aromatic N) is 2. The molecule has 0 aliphatic heterocycles. The first-order valence-electron chi connectivity index (χ1n) is 6.07. The van der Waals surface area contributed by atoms with Crippen molar-refractivity contribution in [3.8, 4) is 5.75 Å². The third-order valence-corrected chi connectivity index (χ3v) is 4.47. The Labute approximate surface area is 139 Å². The second kappa shape index (κ2) is 6.75. The van der Waals surface area contributed by atoms with Crippen molar-refractivity contribution in [3.63, 3.8) is 0 Å². The molecular weight excluding hydrogens is 390 g/mol. The van der Waals surface area contributed by atoms with Crippen LogP contribution in [0.25, 0.3) is 0 Å². The molecule has 2 N–H and O–H groups in total. The van der Waals surface area contributed by atoms with Crippen molar-refractivity contribution < 1.29 is 18.4 Å². The van der Waals surface area contributed by atoms with E-state index in [1.54, 1.807) is 12.1 Å². The van der Waals surface area contributed by atoms with Crippen LogP contribution in [0.5, 0.6) is 5.75 Å². The average molecular weight is 400 g/mol. The van der Waals surface area contributed by atoms with E-state index in [1.165, 1.54) is 18.2 Å². The number of phenols is 1. The first kappa shape index (κ1) is 16.9. The van der Waals surface area contributed by atoms with Gasteiger partial charge in [-0.05, 0) is 36.4 Å². The van der Waals surface area contributed by atoms with Crippen molar-refractivity contribution in [2.45, 2.75) is 4.90 Å². The highest BCUT2D eigenvalue weighted by atomic mass is 79.9. The summed E-state index contributed by atoms with van der Waals surface area (Å²) in [5.41, 5.74) is -0.238. The van der Waals surface area contributed by atoms with E-state index in [0.29, 0.717) is 0 Å². The third-order valence-electron chi connectivity index (χ3n) is 2.71. The first-order valence-corrected chi connectivity index (χ1v) is 8.35. The minimum atomic E-state index is -3.83. The number of benzene rings is 2. The van der Waals surface area contributed by atoms with Gasteiger partial charge in [0, 0.05) is 16.1 Å². The second-order valence-electron chi connectivity index (χ2n) is 4.31. The summed E-state index contributed by atoms with van der Waals surface area (Å²) in [6.45, 7) is 0. The van der Waals surface area contributed by atoms with Gasteiger partial charge < -0.3 is 5.11 Å². The fraction of sp³-hybridized carbons (Fsp3) is 0. The number of nitrogens with one attached hydrogen (secondary N) is 1. The van der Waals surface area contributed by atoms with Gasteiger partial charge in [0.2, 0.25) is 0 Å². The molecular formula is C13H10BrN3O5S. The summed E-state index contributed by atoms with van der Waals surface area (Å²) in [6.07, 6.45) is 1.10. The van der Waals surface area contributed by atoms with E-state index in [2.05, 4.69) is 21.0 Å². The van der Waals surface area contributed by atoms with Crippen LogP contribution in [0.3, 0.4) is 0 Å². The number of sulfonamides is 1. The average Bonchev–Trinajstić information content (AvgIpc) is 2.49. The van der Waals surface area contributed by atoms with E-state index in [1.807, 2.05) is 4.83 Å². The maximum Gasteiger partial charge on any atom is 0.311 e. The number of hydrogen-bond acceptors (Lipinski definition) is 6. The van der Waals surface area contributed by atoms with Crippen LogP contribution in [0.15, 0.2) is 56.9 Å². The minimum absolute atomic E-state index is 0.0227. The van der Waals surface area contributed by atoms with Crippen LogP contribution in [0, 0.1) is 10.1 Å². The number of nitro groups is 1. The lowest BCUT2D eigenvalue weighted by atomic mass is 10.2. The molecule has 0 bridgehead atoms. The van der Waals surface area contributed by atoms with Crippen LogP contribution in [-0.4, -0.2) is 24.7 Å². The molecule has 8 nitrogen and oxygen atoms in total. The van der Waals surface area contributed by atoms with Gasteiger partial charge in [-0.25, -0.2) is 4.83 Å². The summed E-state index contributed by atoms with van der Waals surface area (Å²) in [4.78, 5) is 12.0. The lowest BCUT2D eigenvalue weighted by molar-refractivity contribution is -0.385. The molecule has 0 unspecified atom stereocenters. The Morgan fingerprint density at radius 3 is 2.48 bits per heavy atom. The smallest absolute Gasteiger partial charge is 0.311 e. The standard InChI is InChI=1S/C13H10BrN3O5S/c14-10-2-4-11(5-3-10)23(21,22)16-15-8-9-1-6-13(18)12(7-9)17(19)20/h1-8,16,18H/b15-8-. The summed E-state index contributed by atoms with van der Waals surface area (Å²) in [5, 5.41) is 23.6. The highest BCUT2D eigenvalue weighted by molar-refractivity contribution is 9.10. The summed E-state index contributed by atoms with van der Waals surface area (Å²) >= 11 is 3.20. The van der Waals surface area contributed by atoms with Gasteiger partial charge in [0.1, 0.15) is 0 Å². The normalized spacial score (nSPS) is 11.5. The zero-order valence-electron chi connectivity index (χ0n) is 11.4. The van der Waals surface area contributed by atoms with Gasteiger partial charge in [-0.2, -0.15) is 13.5 Å². The molecule has 0 heterocycles. The molecule has 0 fully saturated rings. The van der Waals surface area contributed by atoms with Gasteiger partial charge in [-0.3, -0.25) is 10.1 Å². The van der Waals surface area contributed by atoms with Crippen LogP contribution in [0.1, 0.15) is 5.56 Å². The Hall–Kier alpha value is -2.46. The van der Waals surface area contributed by atoms with Gasteiger partial charge in [0.25, 0.3) is 10.0 Å². The van der Waals surface area contributed by atoms with Gasteiger partial charge >= 0.3 is 5.69 Å². The molecule has 0 radical (unpaired) electrons. The van der Waals surface area contributed by atoms with Crippen LogP contribution in [-0.2, 0) is 10.0 Å². The van der Waals surface area contributed by atoms with Crippen molar-refractivity contribution in [1.29, 1.82) is 0 Å². The highest BCUT2D eigenvalue weighted by Crippen LogP contribution is 2.25. The Kier molecular flexibility index (Phi) is 4.96. The largest absolute Gasteiger partial charge is 0.502 e. The van der Waals surface area contributed by atoms with E-state index < -0.39 is 26.4 Å². The maximum absolute atomic E-state index is 12.0. The Morgan fingerprint density at radius 2 is 1.87 bits per heavy atom. The molecule has 0 saturated carbocycles. The molecule has 2 aromatic rings. The third kappa shape index (κ3) is 4.27. The zero-order valence-corrected chi connectivity index (χ0v) is 13.8. The lowest BCUT2D eigenvalue weighted by Crippen LogP contribution is -2.18. The Balaban J connectivity index is 2.17. The summed E-state index contributed by atoms with van der Waals surface area (Å²) in [7, 11) is -3.83. The Bertz CT molecular complexity index is 866. The fourth-order valence-electron chi connectivity index (χ4n) is 1.60. The van der Waals surface area contributed by atoms with Crippen molar-refractivity contribution in [2.75, 3.05) is 0 Å². The molecule has 2 aromatic carbocycles. The number of phenolic OH excluding ortho intramolecular Hbond substituents is 1. The fourth-order valence-corrected chi connectivity index (χ4v) is 2.66. The van der Waals surface area contributed by atoms with E-state index in [4.69, 9.17) is 0 Å². The molecule has 0 amide bonds. The SMILES string of the molecule is O=[N+]([O-])c1cc(/C=N\NS(=O)(=O)c2ccc(Br)cc2)ccc1O. The van der Waals surface area contributed by atoms with Gasteiger partial charge in [0.05, 0.1) is 16.0 Å². The molecule has 0 aromatic heterocycles. The van der Waals surface area contributed by atoms with Gasteiger partial charge in [-0.1, -0.05) is 15.9 Å². The number of rotatable bonds is 5. The molecule has 10 heteroatoms. The van der Waals surface area contributed by atoms with E-state index in [9.17, 15) is 23.6 Å². The van der Waals surface area contributed by atoms with Crippen molar-refractivity contribution in [2.24, 2.45) is 5.10 Å². The summed E-state index contributed by atoms with van der Waals surface area (Å²) in [5.74, 6) is -0.484. The quantitative estimate of drug-likeness (QED) is 0.453. The van der Waals surface area contributed by atoms with Crippen LogP contribution >= 0.6 is 15.9 Å². The molecule has 0 saturated heterocycles. The van der Waals surface area contributed by atoms with E-state index in [-0.39, 0.29) is 10.5 Å². The van der Waals surface area contributed by atoms with Crippen LogP contribution in [0.4, 0.5) is 5.69 Å². The monoisotopic (exact) mass is 399 g/mol. The molecule has 0 aliphatic rings. The van der Waals surface area contributed by atoms with Crippen molar-refractivity contribution in [1.82, 2.24) is 4.83 Å². The molecule has 0 atom stereocenters. The van der Waals surface area contributed by atoms with Gasteiger partial charge in [-0.15, -0.1) is 0 Å². The van der Waals surface area contributed by atoms with Gasteiger partial charge in [0.15, 0.2) is 5.75 Å². The number of hydrogen-bond donors (Lipinski definition) is 2. The summed E-state index contributed by atoms with van der Waals surface area (Å²) in [6, 6.07) is 9.50. The number of nitro benzene ring substituents is 1. The summed E-state index contributed by atoms with van der Waals surface area (Å²) < 4.78 is 24.7. The zero-order chi connectivity index (χ0) is 17.0. The van der Waals surface area contributed by atoms with Crippen LogP contribution in [0.2, 0.25) is 0 Å². The maximum atomic E-state index is 12.0. The van der Waals surface area contributed by atoms with Crippen molar-refractivity contribution >= 4 is 37.9 Å². The van der Waals surface area contributed by atoms with Crippen molar-refractivity contribution in [3.05, 3.63) is 62.6 Å². The first-order chi connectivity index (χ1) is 10.8.